The molecule has 0 radical (unpaired) electrons. The summed E-state index contributed by atoms with van der Waals surface area (Å²) < 4.78 is 12.7. The highest BCUT2D eigenvalue weighted by Gasteiger charge is 2.38. The highest BCUT2D eigenvalue weighted by molar-refractivity contribution is 6.17. The lowest BCUT2D eigenvalue weighted by atomic mass is 9.82. The van der Waals surface area contributed by atoms with Crippen LogP contribution in [-0.4, -0.2) is 0 Å². The third-order valence-corrected chi connectivity index (χ3v) is 12.1. The van der Waals surface area contributed by atoms with Crippen molar-refractivity contribution >= 4 is 79.0 Å². The molecule has 0 atom stereocenters. The molecule has 0 unspecified atom stereocenters. The van der Waals surface area contributed by atoms with Crippen LogP contribution < -0.4 is 4.90 Å². The van der Waals surface area contributed by atoms with E-state index in [1.54, 1.807) is 6.08 Å². The van der Waals surface area contributed by atoms with Crippen LogP contribution in [0.25, 0.3) is 84.2 Å². The van der Waals surface area contributed by atoms with E-state index in [2.05, 4.69) is 189 Å². The average Bonchev–Trinajstić information content (AvgIpc) is 3.90. The Morgan fingerprint density at radius 1 is 0.517 bits per heavy atom. The van der Waals surface area contributed by atoms with Gasteiger partial charge in [-0.15, -0.1) is 0 Å². The van der Waals surface area contributed by atoms with Gasteiger partial charge in [-0.1, -0.05) is 148 Å². The van der Waals surface area contributed by atoms with Crippen molar-refractivity contribution in [2.24, 2.45) is 0 Å². The van der Waals surface area contributed by atoms with Crippen LogP contribution in [0.5, 0.6) is 0 Å². The summed E-state index contributed by atoms with van der Waals surface area (Å²) in [5, 5.41) is 5.66. The summed E-state index contributed by atoms with van der Waals surface area (Å²) in [6.45, 7) is 8.70. The van der Waals surface area contributed by atoms with Gasteiger partial charge in [0.05, 0.1) is 11.4 Å². The molecule has 0 fully saturated rings. The fourth-order valence-corrected chi connectivity index (χ4v) is 9.28. The van der Waals surface area contributed by atoms with Crippen LogP contribution in [0.4, 0.5) is 17.1 Å². The van der Waals surface area contributed by atoms with E-state index in [4.69, 9.17) is 8.83 Å². The summed E-state index contributed by atoms with van der Waals surface area (Å²) in [5.74, 6) is 0.770. The van der Waals surface area contributed by atoms with Crippen LogP contribution >= 0.6 is 0 Å². The predicted molar refractivity (Wildman–Crippen MR) is 244 cm³/mol. The molecule has 0 aliphatic heterocycles. The lowest BCUT2D eigenvalue weighted by Crippen LogP contribution is -2.16. The molecule has 58 heavy (non-hydrogen) atoms. The maximum absolute atomic E-state index is 6.58. The maximum atomic E-state index is 6.58. The minimum atomic E-state index is -0.145. The highest BCUT2D eigenvalue weighted by Crippen LogP contribution is 2.55. The normalized spacial score (nSPS) is 13.1. The average molecular weight is 746 g/mol. The third kappa shape index (κ3) is 5.20. The van der Waals surface area contributed by atoms with Crippen molar-refractivity contribution in [2.75, 3.05) is 4.90 Å². The van der Waals surface area contributed by atoms with Crippen LogP contribution in [0.1, 0.15) is 41.9 Å². The van der Waals surface area contributed by atoms with Crippen molar-refractivity contribution in [1.29, 1.82) is 0 Å². The molecule has 0 spiro atoms. The van der Waals surface area contributed by atoms with E-state index in [9.17, 15) is 0 Å². The van der Waals surface area contributed by atoms with E-state index in [0.717, 1.165) is 78.0 Å². The number of fused-ring (bicyclic) bond motifs is 8. The first-order chi connectivity index (χ1) is 28.5. The summed E-state index contributed by atoms with van der Waals surface area (Å²) >= 11 is 0. The molecule has 2 heterocycles. The van der Waals surface area contributed by atoms with Crippen LogP contribution in [0.3, 0.4) is 0 Å². The molecule has 0 amide bonds. The third-order valence-electron chi connectivity index (χ3n) is 12.1. The second-order valence-corrected chi connectivity index (χ2v) is 15.7. The molecule has 0 bridgehead atoms. The highest BCUT2D eigenvalue weighted by atomic mass is 16.3. The number of hydrogen-bond acceptors (Lipinski definition) is 3. The Balaban J connectivity index is 1.11. The van der Waals surface area contributed by atoms with Crippen molar-refractivity contribution in [3.05, 3.63) is 204 Å². The van der Waals surface area contributed by atoms with Gasteiger partial charge in [0.15, 0.2) is 0 Å². The summed E-state index contributed by atoms with van der Waals surface area (Å²) in [6.07, 6.45) is 6.07. The fourth-order valence-electron chi connectivity index (χ4n) is 9.28. The van der Waals surface area contributed by atoms with E-state index in [1.165, 1.54) is 33.0 Å². The molecule has 3 heteroatoms. The van der Waals surface area contributed by atoms with E-state index in [1.807, 2.05) is 18.2 Å². The zero-order chi connectivity index (χ0) is 39.0. The Hall–Kier alpha value is -7.36. The lowest BCUT2D eigenvalue weighted by Gasteiger charge is -2.30. The first-order valence-corrected chi connectivity index (χ1v) is 19.9. The van der Waals surface area contributed by atoms with Crippen LogP contribution in [0, 0.1) is 0 Å². The zero-order valence-electron chi connectivity index (χ0n) is 32.4. The second-order valence-electron chi connectivity index (χ2n) is 15.7. The topological polar surface area (TPSA) is 29.5 Å². The van der Waals surface area contributed by atoms with Gasteiger partial charge >= 0.3 is 0 Å². The Kier molecular flexibility index (Phi) is 7.67. The Morgan fingerprint density at radius 2 is 1.17 bits per heavy atom. The molecule has 2 aromatic heterocycles. The van der Waals surface area contributed by atoms with Gasteiger partial charge in [0.25, 0.3) is 0 Å². The number of hydrogen-bond donors (Lipinski definition) is 0. The number of para-hydroxylation sites is 2. The molecule has 0 N–H and O–H groups in total. The van der Waals surface area contributed by atoms with Crippen LogP contribution in [0.2, 0.25) is 0 Å². The number of anilines is 3. The Labute approximate surface area is 337 Å². The Morgan fingerprint density at radius 3 is 2.02 bits per heavy atom. The molecule has 8 aromatic carbocycles. The number of benzene rings is 8. The van der Waals surface area contributed by atoms with Gasteiger partial charge in [0, 0.05) is 44.0 Å². The van der Waals surface area contributed by atoms with Crippen molar-refractivity contribution in [3.63, 3.8) is 0 Å². The van der Waals surface area contributed by atoms with Gasteiger partial charge in [0.2, 0.25) is 0 Å². The quantitative estimate of drug-likeness (QED) is 0.163. The van der Waals surface area contributed by atoms with E-state index in [0.29, 0.717) is 0 Å². The van der Waals surface area contributed by atoms with Gasteiger partial charge in [-0.25, -0.2) is 0 Å². The molecule has 0 saturated heterocycles. The zero-order valence-corrected chi connectivity index (χ0v) is 32.4. The molecule has 1 aliphatic carbocycles. The minimum Gasteiger partial charge on any atom is -0.456 e. The maximum Gasteiger partial charge on any atom is 0.136 e. The van der Waals surface area contributed by atoms with Gasteiger partial charge in [-0.3, -0.25) is 0 Å². The second kappa shape index (κ2) is 13.1. The SMILES string of the molecule is C=Cc1oc2ccccc2c1/C=C/c1ccc(N(c2ccccc2-c2cccc3oc4cc5ccccc5cc4c23)c2cccc3c2-c2ccccc2C3(C)C)cc1. The lowest BCUT2D eigenvalue weighted by molar-refractivity contribution is 0.603. The van der Waals surface area contributed by atoms with Gasteiger partial charge in [-0.2, -0.15) is 0 Å². The van der Waals surface area contributed by atoms with Gasteiger partial charge in [-0.05, 0) is 99.3 Å². The van der Waals surface area contributed by atoms with Crippen molar-refractivity contribution in [2.45, 2.75) is 19.3 Å². The largest absolute Gasteiger partial charge is 0.456 e. The van der Waals surface area contributed by atoms with Gasteiger partial charge in [0.1, 0.15) is 22.5 Å². The predicted octanol–water partition coefficient (Wildman–Crippen LogP) is 15.7. The molecule has 1 aliphatic rings. The monoisotopic (exact) mass is 745 g/mol. The first-order valence-electron chi connectivity index (χ1n) is 19.9. The first kappa shape index (κ1) is 33.9. The van der Waals surface area contributed by atoms with Crippen LogP contribution in [-0.2, 0) is 5.41 Å². The van der Waals surface area contributed by atoms with Crippen molar-refractivity contribution in [1.82, 2.24) is 0 Å². The number of furan rings is 2. The summed E-state index contributed by atoms with van der Waals surface area (Å²) in [5.41, 5.74) is 15.4. The standard InChI is InChI=1S/C55H39NO2/c1-4-49-41(40-18-9-12-25-50(40)57-49)32-29-35-27-30-38(31-28-35)56(48-24-14-22-46-54(48)43-19-7-10-21-45(43)55(46,2)3)47-23-11-8-17-39(47)42-20-13-26-51-53(42)44-33-36-15-5-6-16-37(36)34-52(44)58-51/h4-34H,1H2,2-3H3/b32-29+. The summed E-state index contributed by atoms with van der Waals surface area (Å²) in [6, 6.07) is 60.9. The van der Waals surface area contributed by atoms with Crippen molar-refractivity contribution in [3.8, 4) is 22.3 Å². The number of nitrogens with zero attached hydrogens (tertiary/aromatic N) is 1. The molecule has 10 aromatic rings. The smallest absolute Gasteiger partial charge is 0.136 e. The molecular formula is C55H39NO2. The van der Waals surface area contributed by atoms with E-state index in [-0.39, 0.29) is 5.41 Å². The molecule has 276 valence electrons. The molecule has 0 saturated carbocycles. The summed E-state index contributed by atoms with van der Waals surface area (Å²) in [7, 11) is 0. The Bertz CT molecular complexity index is 3280. The molecular weight excluding hydrogens is 707 g/mol. The van der Waals surface area contributed by atoms with E-state index >= 15 is 0 Å². The number of rotatable bonds is 7. The van der Waals surface area contributed by atoms with Crippen LogP contribution in [0.15, 0.2) is 185 Å². The van der Waals surface area contributed by atoms with Gasteiger partial charge < -0.3 is 13.7 Å². The molecule has 3 nitrogen and oxygen atoms in total. The molecule has 11 rings (SSSR count). The van der Waals surface area contributed by atoms with E-state index < -0.39 is 0 Å². The van der Waals surface area contributed by atoms with Crippen molar-refractivity contribution < 1.29 is 8.83 Å². The summed E-state index contributed by atoms with van der Waals surface area (Å²) in [4.78, 5) is 2.45. The fraction of sp³-hybridized carbons (Fsp3) is 0.0545. The minimum absolute atomic E-state index is 0.145.